The zero-order chi connectivity index (χ0) is 21.8. The van der Waals surface area contributed by atoms with Gasteiger partial charge in [0.05, 0.1) is 0 Å². The van der Waals surface area contributed by atoms with Crippen LogP contribution in [0.2, 0.25) is 0 Å². The molecular weight excluding hydrogens is 422 g/mol. The van der Waals surface area contributed by atoms with E-state index in [1.165, 1.54) is 15.6 Å². The molecule has 1 fully saturated rings. The number of amides is 1. The van der Waals surface area contributed by atoms with Gasteiger partial charge >= 0.3 is 0 Å². The number of aromatic amines is 1. The lowest BCUT2D eigenvalue weighted by Crippen LogP contribution is -2.50. The van der Waals surface area contributed by atoms with E-state index in [0.29, 0.717) is 40.5 Å². The van der Waals surface area contributed by atoms with Crippen molar-refractivity contribution in [2.75, 3.05) is 26.2 Å². The van der Waals surface area contributed by atoms with Gasteiger partial charge < -0.3 is 9.88 Å². The van der Waals surface area contributed by atoms with Crippen molar-refractivity contribution in [2.24, 2.45) is 5.41 Å². The second kappa shape index (κ2) is 7.32. The van der Waals surface area contributed by atoms with Crippen LogP contribution in [0.3, 0.4) is 0 Å². The number of aryl methyl sites for hydroxylation is 1. The molecule has 3 heterocycles. The zero-order valence-electron chi connectivity index (χ0n) is 17.7. The van der Waals surface area contributed by atoms with Gasteiger partial charge in [-0.3, -0.25) is 9.59 Å². The third kappa shape index (κ3) is 3.63. The van der Waals surface area contributed by atoms with Crippen LogP contribution in [0.1, 0.15) is 57.2 Å². The molecule has 0 bridgehead atoms. The number of H-pyrrole nitrogens is 1. The minimum absolute atomic E-state index is 0.0798. The summed E-state index contributed by atoms with van der Waals surface area (Å²) in [6.07, 6.45) is 1.21. The van der Waals surface area contributed by atoms with Gasteiger partial charge in [-0.25, -0.2) is 8.42 Å². The maximum Gasteiger partial charge on any atom is 0.270 e. The van der Waals surface area contributed by atoms with E-state index in [0.717, 1.165) is 17.0 Å². The quantitative estimate of drug-likeness (QED) is 0.780. The van der Waals surface area contributed by atoms with E-state index >= 15 is 0 Å². The molecule has 0 atom stereocenters. The smallest absolute Gasteiger partial charge is 0.270 e. The van der Waals surface area contributed by atoms with Crippen molar-refractivity contribution in [2.45, 2.75) is 44.7 Å². The highest BCUT2D eigenvalue weighted by Crippen LogP contribution is 2.37. The van der Waals surface area contributed by atoms with E-state index < -0.39 is 10.0 Å². The molecule has 1 aliphatic carbocycles. The van der Waals surface area contributed by atoms with Crippen LogP contribution in [0.15, 0.2) is 16.3 Å². The lowest BCUT2D eigenvalue weighted by molar-refractivity contribution is 0.0691. The monoisotopic (exact) mass is 449 g/mol. The van der Waals surface area contributed by atoms with Gasteiger partial charge in [0.25, 0.3) is 15.9 Å². The average molecular weight is 450 g/mol. The van der Waals surface area contributed by atoms with Crippen molar-refractivity contribution in [3.63, 3.8) is 0 Å². The summed E-state index contributed by atoms with van der Waals surface area (Å²) in [7, 11) is -3.52. The van der Waals surface area contributed by atoms with Crippen molar-refractivity contribution >= 4 is 33.1 Å². The summed E-state index contributed by atoms with van der Waals surface area (Å²) < 4.78 is 27.4. The summed E-state index contributed by atoms with van der Waals surface area (Å²) in [6.45, 7) is 8.98. The molecule has 4 rings (SSSR count). The number of nitrogens with one attached hydrogen (secondary N) is 1. The number of rotatable bonds is 3. The molecular formula is C21H27N3O4S2. The predicted molar refractivity (Wildman–Crippen MR) is 116 cm³/mol. The zero-order valence-corrected chi connectivity index (χ0v) is 19.4. The fourth-order valence-corrected chi connectivity index (χ4v) is 7.27. The third-order valence-electron chi connectivity index (χ3n) is 5.95. The SMILES string of the molecule is Cc1ccc(S(=O)(=O)N2CCN(C(=O)c3[nH]c4c(c3C)C(=O)CC(C)(C)C4)CC2)s1. The summed E-state index contributed by atoms with van der Waals surface area (Å²) in [5.74, 6) is -0.0901. The maximum atomic E-state index is 13.2. The fourth-order valence-electron chi connectivity index (χ4n) is 4.41. The van der Waals surface area contributed by atoms with Gasteiger partial charge in [-0.1, -0.05) is 13.8 Å². The molecule has 9 heteroatoms. The summed E-state index contributed by atoms with van der Waals surface area (Å²) in [5, 5.41) is 0. The second-order valence-electron chi connectivity index (χ2n) is 8.98. The van der Waals surface area contributed by atoms with Gasteiger partial charge in [-0.05, 0) is 43.4 Å². The Balaban J connectivity index is 1.50. The number of thiophene rings is 1. The molecule has 0 spiro atoms. The van der Waals surface area contributed by atoms with E-state index in [9.17, 15) is 18.0 Å². The van der Waals surface area contributed by atoms with Gasteiger partial charge in [0.15, 0.2) is 5.78 Å². The first-order valence-corrected chi connectivity index (χ1v) is 12.4. The van der Waals surface area contributed by atoms with E-state index in [1.54, 1.807) is 17.0 Å². The maximum absolute atomic E-state index is 13.2. The Morgan fingerprint density at radius 2 is 1.77 bits per heavy atom. The first-order valence-electron chi connectivity index (χ1n) is 10.1. The minimum Gasteiger partial charge on any atom is -0.354 e. The van der Waals surface area contributed by atoms with Crippen LogP contribution >= 0.6 is 11.3 Å². The largest absolute Gasteiger partial charge is 0.354 e. The summed E-state index contributed by atoms with van der Waals surface area (Å²) in [4.78, 5) is 31.6. The second-order valence-corrected chi connectivity index (χ2v) is 12.4. The Morgan fingerprint density at radius 1 is 1.10 bits per heavy atom. The number of aromatic nitrogens is 1. The number of sulfonamides is 1. The predicted octanol–water partition coefficient (Wildman–Crippen LogP) is 2.99. The van der Waals surface area contributed by atoms with Gasteiger partial charge in [0, 0.05) is 48.7 Å². The Kier molecular flexibility index (Phi) is 5.19. The number of nitrogens with zero attached hydrogens (tertiary/aromatic N) is 2. The average Bonchev–Trinajstić information content (AvgIpc) is 3.24. The molecule has 162 valence electrons. The summed E-state index contributed by atoms with van der Waals surface area (Å²) in [5.41, 5.74) is 2.54. The van der Waals surface area contributed by atoms with Gasteiger partial charge in [0.1, 0.15) is 9.90 Å². The Bertz CT molecular complexity index is 1120. The van der Waals surface area contributed by atoms with Gasteiger partial charge in [0.2, 0.25) is 0 Å². The molecule has 1 saturated heterocycles. The lowest BCUT2D eigenvalue weighted by Gasteiger charge is -2.33. The molecule has 7 nitrogen and oxygen atoms in total. The van der Waals surface area contributed by atoms with Crippen LogP contribution in [0.5, 0.6) is 0 Å². The molecule has 1 aliphatic heterocycles. The molecule has 1 amide bonds. The molecule has 1 N–H and O–H groups in total. The molecule has 2 aromatic rings. The topological polar surface area (TPSA) is 90.6 Å². The van der Waals surface area contributed by atoms with Crippen LogP contribution in [0, 0.1) is 19.3 Å². The first kappa shape index (κ1) is 21.3. The number of carbonyl (C=O) groups excluding carboxylic acids is 2. The van der Waals surface area contributed by atoms with Gasteiger partial charge in [-0.2, -0.15) is 4.31 Å². The Morgan fingerprint density at radius 3 is 2.37 bits per heavy atom. The summed E-state index contributed by atoms with van der Waals surface area (Å²) in [6, 6.07) is 3.44. The number of Topliss-reactive ketones (excluding diaryl/α,β-unsaturated/α-hetero) is 1. The highest BCUT2D eigenvalue weighted by molar-refractivity contribution is 7.91. The van der Waals surface area contributed by atoms with Crippen LogP contribution < -0.4 is 0 Å². The van der Waals surface area contributed by atoms with Crippen LogP contribution in [0.4, 0.5) is 0 Å². The number of ketones is 1. The summed E-state index contributed by atoms with van der Waals surface area (Å²) >= 11 is 1.26. The first-order chi connectivity index (χ1) is 14.0. The highest BCUT2D eigenvalue weighted by atomic mass is 32.2. The molecule has 0 unspecified atom stereocenters. The normalized spacial score (nSPS) is 19.7. The number of fused-ring (bicyclic) bond motifs is 1. The van der Waals surface area contributed by atoms with Crippen LogP contribution in [0.25, 0.3) is 0 Å². The van der Waals surface area contributed by atoms with Crippen molar-refractivity contribution < 1.29 is 18.0 Å². The molecule has 0 aromatic carbocycles. The van der Waals surface area contributed by atoms with Crippen molar-refractivity contribution in [3.8, 4) is 0 Å². The van der Waals surface area contributed by atoms with Crippen LogP contribution in [-0.2, 0) is 16.4 Å². The van der Waals surface area contributed by atoms with Crippen LogP contribution in [-0.4, -0.2) is 60.5 Å². The van der Waals surface area contributed by atoms with Crippen molar-refractivity contribution in [3.05, 3.63) is 39.5 Å². The standard InChI is InChI=1S/C21H27N3O4S2/c1-13-5-6-17(29-13)30(27,28)24-9-7-23(8-10-24)20(26)19-14(2)18-15(22-19)11-21(3,4)12-16(18)25/h5-6,22H,7-12H2,1-4H3. The number of piperazine rings is 1. The van der Waals surface area contributed by atoms with E-state index in [-0.39, 0.29) is 30.2 Å². The Labute approximate surface area is 181 Å². The molecule has 2 aromatic heterocycles. The van der Waals surface area contributed by atoms with E-state index in [2.05, 4.69) is 18.8 Å². The highest BCUT2D eigenvalue weighted by Gasteiger charge is 2.37. The number of carbonyl (C=O) groups is 2. The van der Waals surface area contributed by atoms with E-state index in [4.69, 9.17) is 0 Å². The Hall–Kier alpha value is -1.97. The van der Waals surface area contributed by atoms with Crippen molar-refractivity contribution in [1.29, 1.82) is 0 Å². The minimum atomic E-state index is -3.52. The molecule has 0 saturated carbocycles. The third-order valence-corrected chi connectivity index (χ3v) is 9.32. The molecule has 2 aliphatic rings. The van der Waals surface area contributed by atoms with Gasteiger partial charge in [-0.15, -0.1) is 11.3 Å². The lowest BCUT2D eigenvalue weighted by atomic mass is 9.75. The molecule has 0 radical (unpaired) electrons. The van der Waals surface area contributed by atoms with E-state index in [1.807, 2.05) is 13.8 Å². The fraction of sp³-hybridized carbons (Fsp3) is 0.524. The molecule has 30 heavy (non-hydrogen) atoms. The number of hydrogen-bond acceptors (Lipinski definition) is 5. The number of hydrogen-bond donors (Lipinski definition) is 1. The van der Waals surface area contributed by atoms with Crippen molar-refractivity contribution in [1.82, 2.24) is 14.2 Å².